The molecule has 0 spiro atoms. The maximum Gasteiger partial charge on any atom is 0.254 e. The number of aromatic nitrogens is 1. The average Bonchev–Trinajstić information content (AvgIpc) is 3.50. The highest BCUT2D eigenvalue weighted by molar-refractivity contribution is 6.30. The van der Waals surface area contributed by atoms with E-state index in [1.165, 1.54) is 0 Å². The minimum Gasteiger partial charge on any atom is -0.495 e. The van der Waals surface area contributed by atoms with E-state index in [1.807, 2.05) is 36.6 Å². The van der Waals surface area contributed by atoms with Crippen molar-refractivity contribution in [3.63, 3.8) is 0 Å². The van der Waals surface area contributed by atoms with Crippen molar-refractivity contribution in [1.82, 2.24) is 9.58 Å². The number of benzene rings is 1. The fourth-order valence-electron chi connectivity index (χ4n) is 6.30. The van der Waals surface area contributed by atoms with E-state index < -0.39 is 0 Å². The zero-order chi connectivity index (χ0) is 22.3. The molecule has 1 aliphatic heterocycles. The van der Waals surface area contributed by atoms with Crippen molar-refractivity contribution in [2.75, 3.05) is 7.11 Å². The summed E-state index contributed by atoms with van der Waals surface area (Å²) in [4.78, 5) is 26.3. The number of carbonyl (C=O) groups excluding carboxylic acids is 2. The van der Waals surface area contributed by atoms with Gasteiger partial charge < -0.3 is 9.30 Å². The summed E-state index contributed by atoms with van der Waals surface area (Å²) in [7, 11) is 1.62. The molecule has 2 aromatic rings. The summed E-state index contributed by atoms with van der Waals surface area (Å²) in [5, 5.41) is 6.13. The normalized spacial score (nSPS) is 32.1. The molecule has 0 radical (unpaired) electrons. The molecule has 7 heteroatoms. The predicted molar refractivity (Wildman–Crippen MR) is 121 cm³/mol. The Morgan fingerprint density at radius 3 is 2.34 bits per heavy atom. The number of halogens is 1. The van der Waals surface area contributed by atoms with Crippen molar-refractivity contribution in [2.45, 2.75) is 20.3 Å². The molecule has 6 nitrogen and oxygen atoms in total. The molecule has 32 heavy (non-hydrogen) atoms. The first-order valence-electron chi connectivity index (χ1n) is 11.0. The molecular formula is C25H24ClN3O3. The quantitative estimate of drug-likeness (QED) is 0.400. The number of hydrogen-bond donors (Lipinski definition) is 0. The summed E-state index contributed by atoms with van der Waals surface area (Å²) >= 11 is 6.23. The molecule has 0 N–H and O–H groups in total. The first-order valence-corrected chi connectivity index (χ1v) is 11.4. The average molecular weight is 450 g/mol. The largest absolute Gasteiger partial charge is 0.495 e. The van der Waals surface area contributed by atoms with Crippen LogP contribution in [0.2, 0.25) is 5.02 Å². The highest BCUT2D eigenvalue weighted by atomic mass is 35.5. The molecule has 2 heterocycles. The summed E-state index contributed by atoms with van der Waals surface area (Å²) in [6.45, 7) is 3.96. The van der Waals surface area contributed by atoms with Crippen LogP contribution in [-0.2, 0) is 9.59 Å². The van der Waals surface area contributed by atoms with Crippen molar-refractivity contribution in [3.05, 3.63) is 58.4 Å². The number of imide groups is 1. The number of methoxy groups -OCH3 is 1. The maximum atomic E-state index is 13.1. The lowest BCUT2D eigenvalue weighted by Gasteiger charge is -2.37. The number of hydrogen-bond acceptors (Lipinski definition) is 4. The first kappa shape index (κ1) is 19.8. The minimum absolute atomic E-state index is 0.147. The van der Waals surface area contributed by atoms with E-state index in [0.717, 1.165) is 34.1 Å². The van der Waals surface area contributed by atoms with E-state index in [4.69, 9.17) is 16.3 Å². The van der Waals surface area contributed by atoms with Gasteiger partial charge in [0.25, 0.3) is 11.8 Å². The molecule has 2 amide bonds. The van der Waals surface area contributed by atoms with Crippen LogP contribution in [-0.4, -0.2) is 34.7 Å². The Bertz CT molecular complexity index is 1190. The van der Waals surface area contributed by atoms with Crippen molar-refractivity contribution in [3.8, 4) is 11.4 Å². The zero-order valence-electron chi connectivity index (χ0n) is 18.2. The van der Waals surface area contributed by atoms with Crippen molar-refractivity contribution < 1.29 is 14.3 Å². The molecule has 4 aliphatic carbocycles. The molecular weight excluding hydrogens is 426 g/mol. The summed E-state index contributed by atoms with van der Waals surface area (Å²) < 4.78 is 7.56. The molecule has 3 fully saturated rings. The summed E-state index contributed by atoms with van der Waals surface area (Å²) in [6.07, 6.45) is 7.12. The van der Waals surface area contributed by atoms with Crippen LogP contribution < -0.4 is 4.74 Å². The standard InChI is InChI=1S/C25H24ClN3O3/c1-12-8-14(13(2)28(12)20-9-15(26)4-7-21(20)32-3)11-27-29-24(30)22-16-5-6-17(19-10-18(16)19)23(22)25(29)31/h4-9,11,16-19,22-23H,10H2,1-3H3/b27-11-/t16-,17-,18-,19-,22-,23+/m0/s1. The van der Waals surface area contributed by atoms with Crippen molar-refractivity contribution in [1.29, 1.82) is 0 Å². The summed E-state index contributed by atoms with van der Waals surface area (Å²) in [5.41, 5.74) is 3.56. The van der Waals surface area contributed by atoms with Gasteiger partial charge in [-0.2, -0.15) is 10.1 Å². The van der Waals surface area contributed by atoms with E-state index >= 15 is 0 Å². The van der Waals surface area contributed by atoms with Crippen LogP contribution >= 0.6 is 11.6 Å². The fraction of sp³-hybridized carbons (Fsp3) is 0.400. The number of carbonyl (C=O) groups is 2. The number of aryl methyl sites for hydroxylation is 1. The lowest BCUT2D eigenvalue weighted by Crippen LogP contribution is -2.40. The Morgan fingerprint density at radius 2 is 1.72 bits per heavy atom. The number of ether oxygens (including phenoxy) is 1. The zero-order valence-corrected chi connectivity index (χ0v) is 18.9. The second kappa shape index (κ2) is 6.82. The predicted octanol–water partition coefficient (Wildman–Crippen LogP) is 4.14. The number of allylic oxidation sites excluding steroid dienone is 2. The Labute approximate surface area is 191 Å². The Morgan fingerprint density at radius 1 is 1.06 bits per heavy atom. The van der Waals surface area contributed by atoms with E-state index in [0.29, 0.717) is 22.6 Å². The SMILES string of the molecule is COc1ccc(Cl)cc1-n1c(C)cc(/C=N\N2C(=O)[C@@H]3[C@H]4C=C[C@@H]([C@@H]5C[C@@H]45)[C@@H]3C2=O)c1C. The molecule has 6 atom stereocenters. The van der Waals surface area contributed by atoms with Gasteiger partial charge in [0.05, 0.1) is 30.8 Å². The molecule has 2 saturated carbocycles. The highest BCUT2D eigenvalue weighted by Gasteiger charge is 2.67. The fourth-order valence-corrected chi connectivity index (χ4v) is 6.47. The second-order valence-corrected chi connectivity index (χ2v) is 9.80. The number of rotatable bonds is 4. The minimum atomic E-state index is -0.235. The molecule has 5 aliphatic rings. The van der Waals surface area contributed by atoms with Crippen LogP contribution in [0.1, 0.15) is 23.4 Å². The van der Waals surface area contributed by atoms with Crippen LogP contribution in [0.5, 0.6) is 5.75 Å². The molecule has 1 aromatic heterocycles. The molecule has 1 aromatic carbocycles. The smallest absolute Gasteiger partial charge is 0.254 e. The Hall–Kier alpha value is -2.86. The summed E-state index contributed by atoms with van der Waals surface area (Å²) in [6, 6.07) is 7.46. The van der Waals surface area contributed by atoms with Gasteiger partial charge in [-0.05, 0) is 68.2 Å². The molecule has 7 rings (SSSR count). The third-order valence-corrected chi connectivity index (χ3v) is 8.04. The van der Waals surface area contributed by atoms with Crippen molar-refractivity contribution in [2.24, 2.45) is 40.6 Å². The number of amides is 2. The van der Waals surface area contributed by atoms with Gasteiger partial charge in [0, 0.05) is 22.0 Å². The van der Waals surface area contributed by atoms with E-state index in [1.54, 1.807) is 19.4 Å². The monoisotopic (exact) mass is 449 g/mol. The van der Waals surface area contributed by atoms with Crippen LogP contribution in [0.25, 0.3) is 5.69 Å². The van der Waals surface area contributed by atoms with Crippen LogP contribution in [0, 0.1) is 49.4 Å². The van der Waals surface area contributed by atoms with E-state index in [9.17, 15) is 9.59 Å². The first-order chi connectivity index (χ1) is 15.4. The third-order valence-electron chi connectivity index (χ3n) is 7.80. The van der Waals surface area contributed by atoms with Crippen LogP contribution in [0.15, 0.2) is 41.5 Å². The molecule has 1 saturated heterocycles. The van der Waals surface area contributed by atoms with Gasteiger partial charge in [-0.25, -0.2) is 0 Å². The van der Waals surface area contributed by atoms with Crippen LogP contribution in [0.3, 0.4) is 0 Å². The Balaban J connectivity index is 1.32. The van der Waals surface area contributed by atoms with Gasteiger partial charge in [0.1, 0.15) is 5.75 Å². The van der Waals surface area contributed by atoms with Gasteiger partial charge in [0.2, 0.25) is 0 Å². The molecule has 2 bridgehead atoms. The van der Waals surface area contributed by atoms with E-state index in [2.05, 4.69) is 17.3 Å². The van der Waals surface area contributed by atoms with Gasteiger partial charge >= 0.3 is 0 Å². The Kier molecular flexibility index (Phi) is 4.22. The second-order valence-electron chi connectivity index (χ2n) is 9.37. The van der Waals surface area contributed by atoms with Gasteiger partial charge in [-0.1, -0.05) is 23.8 Å². The van der Waals surface area contributed by atoms with Crippen molar-refractivity contribution >= 4 is 29.6 Å². The highest BCUT2D eigenvalue weighted by Crippen LogP contribution is 2.65. The molecule has 164 valence electrons. The summed E-state index contributed by atoms with van der Waals surface area (Å²) in [5.74, 6) is 1.51. The topological polar surface area (TPSA) is 63.9 Å². The van der Waals surface area contributed by atoms with Crippen LogP contribution in [0.4, 0.5) is 0 Å². The van der Waals surface area contributed by atoms with Gasteiger partial charge in [0.15, 0.2) is 0 Å². The number of nitrogens with zero attached hydrogens (tertiary/aromatic N) is 3. The van der Waals surface area contributed by atoms with Gasteiger partial charge in [-0.15, -0.1) is 0 Å². The third kappa shape index (κ3) is 2.62. The maximum absolute atomic E-state index is 13.1. The number of hydrazone groups is 1. The van der Waals surface area contributed by atoms with E-state index in [-0.39, 0.29) is 35.5 Å². The lowest BCUT2D eigenvalue weighted by atomic mass is 9.63. The lowest BCUT2D eigenvalue weighted by molar-refractivity contribution is -0.140. The van der Waals surface area contributed by atoms with Gasteiger partial charge in [-0.3, -0.25) is 9.59 Å². The molecule has 0 unspecified atom stereocenters.